The Hall–Kier alpha value is 0.270. The minimum Gasteiger partial charge on any atom is -0.305 e. The number of likely N-dealkylation sites (N-methyl/N-ethyl adjacent to an activating group) is 1. The minimum atomic E-state index is 0.729. The molecule has 1 fully saturated rings. The van der Waals surface area contributed by atoms with Gasteiger partial charge in [-0.2, -0.15) is 12.6 Å². The molecular weight excluding hydrogens is 216 g/mol. The highest BCUT2D eigenvalue weighted by molar-refractivity contribution is 7.80. The smallest absolute Gasteiger partial charge is 0.0254 e. The van der Waals surface area contributed by atoms with Crippen molar-refractivity contribution in [3.8, 4) is 0 Å². The lowest BCUT2D eigenvalue weighted by Gasteiger charge is -2.26. The van der Waals surface area contributed by atoms with Crippen molar-refractivity contribution >= 4 is 12.6 Å². The number of rotatable bonds is 5. The first-order chi connectivity index (χ1) is 7.45. The van der Waals surface area contributed by atoms with Crippen molar-refractivity contribution < 1.29 is 0 Å². The Morgan fingerprint density at radius 3 is 2.31 bits per heavy atom. The molecular formula is C13H28N2S. The maximum atomic E-state index is 4.48. The third-order valence-corrected chi connectivity index (χ3v) is 4.45. The molecule has 96 valence electrons. The molecule has 1 heterocycles. The summed E-state index contributed by atoms with van der Waals surface area (Å²) in [6, 6.07) is 0.729. The third-order valence-electron chi connectivity index (χ3n) is 3.98. The van der Waals surface area contributed by atoms with Gasteiger partial charge in [-0.15, -0.1) is 0 Å². The normalized spacial score (nSPS) is 29.2. The highest BCUT2D eigenvalue weighted by Gasteiger charge is 2.32. The first-order valence-corrected chi connectivity index (χ1v) is 7.08. The second-order valence-electron chi connectivity index (χ2n) is 5.91. The van der Waals surface area contributed by atoms with E-state index in [2.05, 4.69) is 57.3 Å². The van der Waals surface area contributed by atoms with E-state index in [9.17, 15) is 0 Å². The Morgan fingerprint density at radius 2 is 1.94 bits per heavy atom. The number of hydrogen-bond acceptors (Lipinski definition) is 3. The van der Waals surface area contributed by atoms with Gasteiger partial charge in [-0.3, -0.25) is 0 Å². The third kappa shape index (κ3) is 3.64. The molecule has 0 aromatic heterocycles. The van der Waals surface area contributed by atoms with Gasteiger partial charge in [-0.25, -0.2) is 0 Å². The molecule has 0 amide bonds. The van der Waals surface area contributed by atoms with Gasteiger partial charge in [0.2, 0.25) is 0 Å². The van der Waals surface area contributed by atoms with E-state index >= 15 is 0 Å². The van der Waals surface area contributed by atoms with E-state index < -0.39 is 0 Å². The summed E-state index contributed by atoms with van der Waals surface area (Å²) in [4.78, 5) is 4.99. The fourth-order valence-electron chi connectivity index (χ4n) is 2.68. The summed E-state index contributed by atoms with van der Waals surface area (Å²) in [5.41, 5.74) is 0. The van der Waals surface area contributed by atoms with Crippen molar-refractivity contribution in [1.29, 1.82) is 0 Å². The molecule has 1 saturated heterocycles. The standard InChI is InChI=1S/C13H28N2S/c1-10(2)12(9-16)7-15-6-11(3)13(8-15)14(4)5/h10-13,16H,6-9H2,1-5H3. The van der Waals surface area contributed by atoms with Gasteiger partial charge in [-0.05, 0) is 37.6 Å². The van der Waals surface area contributed by atoms with Crippen LogP contribution in [0.4, 0.5) is 0 Å². The molecule has 3 atom stereocenters. The van der Waals surface area contributed by atoms with Crippen LogP contribution in [0.2, 0.25) is 0 Å². The minimum absolute atomic E-state index is 0.729. The molecule has 3 unspecified atom stereocenters. The van der Waals surface area contributed by atoms with Crippen LogP contribution in [-0.2, 0) is 0 Å². The van der Waals surface area contributed by atoms with E-state index in [0.717, 1.165) is 29.5 Å². The molecule has 0 spiro atoms. The van der Waals surface area contributed by atoms with E-state index in [1.54, 1.807) is 0 Å². The summed E-state index contributed by atoms with van der Waals surface area (Å²) in [7, 11) is 4.40. The zero-order valence-corrected chi connectivity index (χ0v) is 12.4. The Bertz CT molecular complexity index is 206. The lowest BCUT2D eigenvalue weighted by molar-refractivity contribution is 0.226. The molecule has 16 heavy (non-hydrogen) atoms. The zero-order chi connectivity index (χ0) is 12.3. The average molecular weight is 244 g/mol. The first kappa shape index (κ1) is 14.3. The second-order valence-corrected chi connectivity index (χ2v) is 6.28. The fraction of sp³-hybridized carbons (Fsp3) is 1.00. The Kier molecular flexibility index (Phi) is 5.62. The summed E-state index contributed by atoms with van der Waals surface area (Å²) in [5, 5.41) is 0. The summed E-state index contributed by atoms with van der Waals surface area (Å²) in [6.07, 6.45) is 0. The number of hydrogen-bond donors (Lipinski definition) is 1. The summed E-state index contributed by atoms with van der Waals surface area (Å²) in [5.74, 6) is 3.28. The van der Waals surface area contributed by atoms with Crippen molar-refractivity contribution in [1.82, 2.24) is 9.80 Å². The van der Waals surface area contributed by atoms with Gasteiger partial charge < -0.3 is 9.80 Å². The van der Waals surface area contributed by atoms with Crippen molar-refractivity contribution in [2.24, 2.45) is 17.8 Å². The molecule has 0 bridgehead atoms. The van der Waals surface area contributed by atoms with E-state index in [0.29, 0.717) is 0 Å². The molecule has 1 aliphatic rings. The largest absolute Gasteiger partial charge is 0.305 e. The molecule has 0 aliphatic carbocycles. The highest BCUT2D eigenvalue weighted by atomic mass is 32.1. The molecule has 0 N–H and O–H groups in total. The number of thiol groups is 1. The first-order valence-electron chi connectivity index (χ1n) is 6.45. The maximum Gasteiger partial charge on any atom is 0.0254 e. The predicted octanol–water partition coefficient (Wildman–Crippen LogP) is 2.07. The van der Waals surface area contributed by atoms with Gasteiger partial charge in [0.25, 0.3) is 0 Å². The van der Waals surface area contributed by atoms with Crippen molar-refractivity contribution in [2.45, 2.75) is 26.8 Å². The van der Waals surface area contributed by atoms with Crippen molar-refractivity contribution in [3.05, 3.63) is 0 Å². The highest BCUT2D eigenvalue weighted by Crippen LogP contribution is 2.23. The average Bonchev–Trinajstić information content (AvgIpc) is 2.55. The van der Waals surface area contributed by atoms with Gasteiger partial charge >= 0.3 is 0 Å². The second kappa shape index (κ2) is 6.27. The van der Waals surface area contributed by atoms with Crippen LogP contribution in [0.5, 0.6) is 0 Å². The topological polar surface area (TPSA) is 6.48 Å². The van der Waals surface area contributed by atoms with Crippen LogP contribution in [-0.4, -0.2) is 55.3 Å². The number of nitrogens with zero attached hydrogens (tertiary/aromatic N) is 2. The molecule has 1 rings (SSSR count). The van der Waals surface area contributed by atoms with Crippen LogP contribution >= 0.6 is 12.6 Å². The van der Waals surface area contributed by atoms with Crippen LogP contribution in [0.3, 0.4) is 0 Å². The van der Waals surface area contributed by atoms with Gasteiger partial charge in [0.15, 0.2) is 0 Å². The SMILES string of the molecule is CC(C)C(CS)CN1CC(C)C(N(C)C)C1. The maximum absolute atomic E-state index is 4.48. The molecule has 0 aromatic rings. The molecule has 0 aromatic carbocycles. The fourth-order valence-corrected chi connectivity index (χ4v) is 3.22. The van der Waals surface area contributed by atoms with Crippen LogP contribution in [0.1, 0.15) is 20.8 Å². The van der Waals surface area contributed by atoms with E-state index in [-0.39, 0.29) is 0 Å². The molecule has 1 aliphatic heterocycles. The van der Waals surface area contributed by atoms with E-state index in [1.165, 1.54) is 19.6 Å². The van der Waals surface area contributed by atoms with Crippen LogP contribution in [0, 0.1) is 17.8 Å². The quantitative estimate of drug-likeness (QED) is 0.740. The van der Waals surface area contributed by atoms with Crippen molar-refractivity contribution in [3.63, 3.8) is 0 Å². The lowest BCUT2D eigenvalue weighted by Crippen LogP contribution is -2.36. The van der Waals surface area contributed by atoms with Gasteiger partial charge in [0, 0.05) is 25.7 Å². The molecule has 3 heteroatoms. The summed E-state index contributed by atoms with van der Waals surface area (Å²) < 4.78 is 0. The molecule has 2 nitrogen and oxygen atoms in total. The van der Waals surface area contributed by atoms with Crippen LogP contribution in [0.25, 0.3) is 0 Å². The lowest BCUT2D eigenvalue weighted by atomic mass is 9.97. The zero-order valence-electron chi connectivity index (χ0n) is 11.5. The molecule has 0 saturated carbocycles. The Labute approximate surface area is 107 Å². The Balaban J connectivity index is 2.46. The molecule has 0 radical (unpaired) electrons. The van der Waals surface area contributed by atoms with E-state index in [4.69, 9.17) is 0 Å². The summed E-state index contributed by atoms with van der Waals surface area (Å²) >= 11 is 4.48. The number of likely N-dealkylation sites (tertiary alicyclic amines) is 1. The van der Waals surface area contributed by atoms with E-state index in [1.807, 2.05) is 0 Å². The monoisotopic (exact) mass is 244 g/mol. The summed E-state index contributed by atoms with van der Waals surface area (Å²) in [6.45, 7) is 10.7. The van der Waals surface area contributed by atoms with Gasteiger partial charge in [-0.1, -0.05) is 20.8 Å². The van der Waals surface area contributed by atoms with Crippen LogP contribution < -0.4 is 0 Å². The van der Waals surface area contributed by atoms with Crippen LogP contribution in [0.15, 0.2) is 0 Å². The van der Waals surface area contributed by atoms with Gasteiger partial charge in [0.1, 0.15) is 0 Å². The Morgan fingerprint density at radius 1 is 1.31 bits per heavy atom. The predicted molar refractivity (Wildman–Crippen MR) is 75.3 cm³/mol. The van der Waals surface area contributed by atoms with Crippen molar-refractivity contribution in [2.75, 3.05) is 39.5 Å². The van der Waals surface area contributed by atoms with Gasteiger partial charge in [0.05, 0.1) is 0 Å².